The molecular weight excluding hydrogens is 2000 g/mol. The molecule has 1 aliphatic rings. The quantitative estimate of drug-likeness (QED) is 0.139. The van der Waals surface area contributed by atoms with E-state index in [1.807, 2.05) is 76.3 Å². The van der Waals surface area contributed by atoms with E-state index in [4.69, 9.17) is 13.3 Å². The summed E-state index contributed by atoms with van der Waals surface area (Å²) in [6, 6.07) is 52.9. The average molecular weight is 2150 g/mol. The average Bonchev–Trinajstić information content (AvgIpc) is 1.65. The van der Waals surface area contributed by atoms with Crippen LogP contribution in [-0.4, -0.2) is 85.2 Å². The third-order valence-corrected chi connectivity index (χ3v) is 41.3. The minimum Gasteiger partial charge on any atom is -0.441 e. The minimum atomic E-state index is -1.07. The molecule has 141 heavy (non-hydrogen) atoms. The van der Waals surface area contributed by atoms with Crippen LogP contribution in [0.25, 0.3) is 83.7 Å². The zero-order valence-corrected chi connectivity index (χ0v) is 102. The van der Waals surface area contributed by atoms with E-state index in [1.165, 1.54) is 205 Å². The van der Waals surface area contributed by atoms with Crippen molar-refractivity contribution in [3.05, 3.63) is 363 Å². The first-order valence-electron chi connectivity index (χ1n) is 48.8. The van der Waals surface area contributed by atoms with Gasteiger partial charge in [0.15, 0.2) is 11.5 Å². The van der Waals surface area contributed by atoms with Gasteiger partial charge in [0.05, 0.1) is 26.3 Å². The molecule has 0 radical (unpaired) electrons. The molecule has 0 unspecified atom stereocenters. The summed E-state index contributed by atoms with van der Waals surface area (Å²) < 4.78 is 34.4. The van der Waals surface area contributed by atoms with Gasteiger partial charge in [0.25, 0.3) is 0 Å². The summed E-state index contributed by atoms with van der Waals surface area (Å²) in [5.41, 5.74) is 41.4. The number of benzene rings is 8. The molecule has 17 heteroatoms. The Morgan fingerprint density at radius 1 is 0.298 bits per heavy atom. The van der Waals surface area contributed by atoms with Gasteiger partial charge in [0, 0.05) is 80.8 Å². The van der Waals surface area contributed by atoms with E-state index in [0.29, 0.717) is 43.5 Å². The number of nitrogens with zero attached hydrogens (tertiary/aromatic N) is 7. The van der Waals surface area contributed by atoms with Crippen molar-refractivity contribution in [3.8, 4) is 0 Å². The van der Waals surface area contributed by atoms with Crippen LogP contribution in [0.1, 0.15) is 216 Å². The molecule has 8 aromatic carbocycles. The van der Waals surface area contributed by atoms with Crippen LogP contribution in [0.5, 0.6) is 0 Å². The number of hydrogen-bond donors (Lipinski definition) is 0. The van der Waals surface area contributed by atoms with Crippen LogP contribution in [0.2, 0.25) is 13.1 Å². The zero-order valence-electron chi connectivity index (χ0n) is 93.2. The molecule has 13 heterocycles. The van der Waals surface area contributed by atoms with Crippen LogP contribution in [0, 0.1) is 249 Å². The number of hydrogen-bond acceptors (Lipinski definition) is 10. The van der Waals surface area contributed by atoms with Gasteiger partial charge in [-0.05, 0) is 393 Å². The number of allylic oxidation sites excluding steroid dienone is 4. The molecule has 0 saturated carbocycles. The number of aromatic nitrogens is 7. The van der Waals surface area contributed by atoms with Gasteiger partial charge in [0.1, 0.15) is 42.3 Å². The van der Waals surface area contributed by atoms with Crippen molar-refractivity contribution in [3.63, 3.8) is 0 Å². The Kier molecular flexibility index (Phi) is 40.7. The monoisotopic (exact) mass is 2160 g/mol. The minimum absolute atomic E-state index is 0.494. The number of thiophene rings is 2. The SMILES string of the molecule is CC1=CC(C)=C(C)[Si]1(C)C.Cc1cc(C)c(C)[se]1.Cc1cc(C)c(C)o1.Cc1cc(C)c(C)s1.Cc1cc(C)n(C)c1C.Cc1cc2cc(C)c(C)cc2[se]1.Cc1cc2cc(C)c(C)cc2o1.Cc1cc2cc(C)c(C)cc2s1.Cc1cc2cc(C)n(C)c2cc1C.Cc1cc2nc(C)n(C)c2cc1C.Cc1nc2cc(C)c(C)cc2[se]1.Cc1nc2cc(C)c(C)cc2o1.Cc1nc2cc(C)c(C)cc2s1. The molecule has 10 nitrogen and oxygen atoms in total. The number of aryl methyl sites for hydroxylation is 37. The third-order valence-electron chi connectivity index (χ3n) is 27.6. The Morgan fingerprint density at radius 3 is 1.26 bits per heavy atom. The first-order chi connectivity index (χ1) is 65.9. The molecule has 0 aliphatic carbocycles. The Balaban J connectivity index is 0.000000171. The van der Waals surface area contributed by atoms with Crippen LogP contribution in [0.15, 0.2) is 181 Å². The van der Waals surface area contributed by atoms with Crippen molar-refractivity contribution in [2.24, 2.45) is 21.1 Å². The van der Waals surface area contributed by atoms with Gasteiger partial charge in [0.2, 0.25) is 0 Å². The predicted octanol–water partition coefficient (Wildman–Crippen LogP) is 35.4. The van der Waals surface area contributed by atoms with Crippen LogP contribution >= 0.6 is 34.0 Å². The molecule has 0 fully saturated rings. The van der Waals surface area contributed by atoms with E-state index < -0.39 is 8.07 Å². The van der Waals surface area contributed by atoms with Crippen molar-refractivity contribution in [1.29, 1.82) is 0 Å². The van der Waals surface area contributed by atoms with Gasteiger partial charge in [-0.25, -0.2) is 15.0 Å². The second-order valence-corrected chi connectivity index (χ2v) is 56.7. The Labute approximate surface area is 875 Å². The first kappa shape index (κ1) is 115. The zero-order chi connectivity index (χ0) is 105. The largest absolute Gasteiger partial charge is 0.441 e. The van der Waals surface area contributed by atoms with E-state index in [1.54, 1.807) is 39.3 Å². The summed E-state index contributed by atoms with van der Waals surface area (Å²) in [6.07, 6.45) is 2.35. The van der Waals surface area contributed by atoms with Gasteiger partial charge < -0.3 is 27.0 Å². The van der Waals surface area contributed by atoms with Crippen LogP contribution in [0.3, 0.4) is 0 Å². The number of furan rings is 2. The molecule has 746 valence electrons. The smallest absolute Gasteiger partial charge is 0.192 e. The van der Waals surface area contributed by atoms with E-state index in [0.717, 1.165) is 61.7 Å². The number of imidazole rings is 1. The molecule has 12 aromatic heterocycles. The summed E-state index contributed by atoms with van der Waals surface area (Å²) in [6.45, 7) is 87.9. The van der Waals surface area contributed by atoms with Crippen LogP contribution in [0.4, 0.5) is 0 Å². The van der Waals surface area contributed by atoms with Gasteiger partial charge in [-0.15, -0.1) is 34.0 Å². The van der Waals surface area contributed by atoms with Crippen molar-refractivity contribution >= 4 is 169 Å². The summed E-state index contributed by atoms with van der Waals surface area (Å²) in [7, 11) is 5.20. The molecule has 20 aromatic rings. The molecule has 0 bridgehead atoms. The Morgan fingerprint density at radius 2 is 0.780 bits per heavy atom. The molecule has 0 amide bonds. The fraction of sp³-hybridized carbons (Fsp3) is 0.355. The molecule has 0 atom stereocenters. The standard InChI is InChI=1S/C12H15N.C11H14N2.C11H12O.C11H12S.C11H12Se.C10H11NO.C10H11NS.C10H11NSe.C9H16Si.C8H13N.C7H10O.C7H10S.C7H10Se/c1-8-5-11-7-10(3)13(4)12(11)6-9(8)2;1-7-5-10-11(6-8(7)2)13(4)9(3)12-10;3*1-7-4-10-6-9(3)12-11(10)5-8(7)2;3*1-6-4-9-10(5-7(6)2)12-8(3)11-9;1-7-6-8(2)10(4,5)9(7)3;1-6-5-7(2)9(4)8(6)3;3*1-5-4-6(2)8-7(5)3/h5-7H,1-4H3;5-6H,1-4H3;3*4-6H,1-3H3;3*4-5H,1-3H3;6H,1-5H3;5H,1-4H3;3*4H,1-3H3. The molecular formula is C124H157N7O3S3Se3Si. The maximum absolute atomic E-state index is 5.50. The maximum Gasteiger partial charge on any atom is 0.192 e. The van der Waals surface area contributed by atoms with Gasteiger partial charge >= 0.3 is 212 Å². The summed E-state index contributed by atoms with van der Waals surface area (Å²) >= 11 is 7.31. The van der Waals surface area contributed by atoms with E-state index >= 15 is 0 Å². The van der Waals surface area contributed by atoms with E-state index in [-0.39, 0.29) is 0 Å². The van der Waals surface area contributed by atoms with Gasteiger partial charge in [-0.1, -0.05) is 41.2 Å². The number of thiazole rings is 1. The van der Waals surface area contributed by atoms with Crippen LogP contribution < -0.4 is 0 Å². The van der Waals surface area contributed by atoms with Gasteiger partial charge in [-0.2, -0.15) is 0 Å². The first-order valence-corrected chi connectivity index (χ1v) is 59.4. The predicted molar refractivity (Wildman–Crippen MR) is 627 cm³/mol. The second-order valence-electron chi connectivity index (χ2n) is 39.6. The van der Waals surface area contributed by atoms with E-state index in [2.05, 4.69) is 436 Å². The second kappa shape index (κ2) is 50.0. The third kappa shape index (κ3) is 31.0. The fourth-order valence-electron chi connectivity index (χ4n) is 16.2. The maximum atomic E-state index is 5.50. The normalized spacial score (nSPS) is 11.6. The van der Waals surface area contributed by atoms with Crippen molar-refractivity contribution in [2.75, 3.05) is 0 Å². The van der Waals surface area contributed by atoms with Crippen molar-refractivity contribution in [1.82, 2.24) is 33.6 Å². The number of oxazole rings is 1. The molecule has 21 rings (SSSR count). The van der Waals surface area contributed by atoms with Crippen molar-refractivity contribution < 1.29 is 13.3 Å². The molecule has 0 spiro atoms. The summed E-state index contributed by atoms with van der Waals surface area (Å²) in [5, 5.41) is 9.83. The van der Waals surface area contributed by atoms with Crippen molar-refractivity contribution in [2.45, 2.75) is 283 Å². The fourth-order valence-corrected chi connectivity index (χ4v) is 27.3. The Bertz CT molecular complexity index is 6700. The molecule has 0 N–H and O–H groups in total. The summed E-state index contributed by atoms with van der Waals surface area (Å²) in [5.74, 6) is 4.81. The number of rotatable bonds is 0. The molecule has 1 aliphatic heterocycles. The van der Waals surface area contributed by atoms with Gasteiger partial charge in [-0.3, -0.25) is 0 Å². The summed E-state index contributed by atoms with van der Waals surface area (Å²) in [4.78, 5) is 21.9. The van der Waals surface area contributed by atoms with Crippen LogP contribution in [-0.2, 0) is 21.1 Å². The number of fused-ring (bicyclic) bond motifs is 8. The topological polar surface area (TPSA) is 106 Å². The Hall–Kier alpha value is -9.96. The molecule has 0 saturated heterocycles. The van der Waals surface area contributed by atoms with E-state index in [9.17, 15) is 0 Å².